The molecule has 0 aliphatic carbocycles. The van der Waals surface area contributed by atoms with Crippen LogP contribution in [0.5, 0.6) is 0 Å². The van der Waals surface area contributed by atoms with Gasteiger partial charge in [0.05, 0.1) is 24.5 Å². The number of halogens is 2. The Morgan fingerprint density at radius 1 is 1.16 bits per heavy atom. The van der Waals surface area contributed by atoms with Gasteiger partial charge in [0.25, 0.3) is 0 Å². The normalized spacial score (nSPS) is 24.8. The van der Waals surface area contributed by atoms with Gasteiger partial charge in [0.15, 0.2) is 17.4 Å². The molecule has 0 amide bonds. The third kappa shape index (κ3) is 6.67. The van der Waals surface area contributed by atoms with Gasteiger partial charge in [-0.25, -0.2) is 9.50 Å². The number of aliphatic hydroxyl groups excluding tert-OH is 2. The van der Waals surface area contributed by atoms with Crippen LogP contribution in [0.1, 0.15) is 30.3 Å². The molecule has 18 heteroatoms. The van der Waals surface area contributed by atoms with E-state index >= 15 is 0 Å². The predicted molar refractivity (Wildman–Crippen MR) is 132 cm³/mol. The van der Waals surface area contributed by atoms with Crippen molar-refractivity contribution in [1.82, 2.24) is 19.6 Å². The van der Waals surface area contributed by atoms with Gasteiger partial charge in [-0.05, 0) is 36.2 Å². The maximum absolute atomic E-state index is 11.9. The summed E-state index contributed by atoms with van der Waals surface area (Å²) in [6.45, 7) is 1.16. The van der Waals surface area contributed by atoms with Crippen LogP contribution in [0.2, 0.25) is 10.3 Å². The number of hydrogen-bond acceptors (Lipinski definition) is 10. The Morgan fingerprint density at radius 3 is 2.49 bits per heavy atom. The van der Waals surface area contributed by atoms with Crippen LogP contribution in [0.15, 0.2) is 30.5 Å². The number of anilines is 1. The third-order valence-electron chi connectivity index (χ3n) is 5.54. The van der Waals surface area contributed by atoms with Crippen LogP contribution >= 0.6 is 38.4 Å². The molecule has 6 N–H and O–H groups in total. The van der Waals surface area contributed by atoms with Crippen LogP contribution in [0.25, 0.3) is 5.65 Å². The van der Waals surface area contributed by atoms with Crippen molar-refractivity contribution in [2.45, 2.75) is 37.4 Å². The van der Waals surface area contributed by atoms with E-state index in [0.29, 0.717) is 5.02 Å². The molecule has 1 saturated heterocycles. The first kappa shape index (κ1) is 28.3. The summed E-state index contributed by atoms with van der Waals surface area (Å²) < 4.78 is 34.6. The highest BCUT2D eigenvalue weighted by atomic mass is 35.5. The summed E-state index contributed by atoms with van der Waals surface area (Å²) in [6, 6.07) is 6.95. The lowest BCUT2D eigenvalue weighted by molar-refractivity contribution is -0.0204. The molecule has 3 heterocycles. The molecule has 0 saturated carbocycles. The molecule has 37 heavy (non-hydrogen) atoms. The number of imidazole rings is 1. The first-order valence-electron chi connectivity index (χ1n) is 10.7. The fourth-order valence-corrected chi connectivity index (χ4v) is 6.65. The maximum atomic E-state index is 11.9. The highest BCUT2D eigenvalue weighted by molar-refractivity contribution is 7.70. The van der Waals surface area contributed by atoms with E-state index < -0.39 is 52.1 Å². The largest absolute Gasteiger partial charge is 0.387 e. The molecule has 1 fully saturated rings. The summed E-state index contributed by atoms with van der Waals surface area (Å²) >= 11 is 12.1. The highest BCUT2D eigenvalue weighted by Crippen LogP contribution is 2.55. The molecule has 4 rings (SSSR count). The Kier molecular flexibility index (Phi) is 8.30. The van der Waals surface area contributed by atoms with Crippen LogP contribution in [0.3, 0.4) is 0 Å². The molecule has 1 aliphatic heterocycles. The summed E-state index contributed by atoms with van der Waals surface area (Å²) in [5, 5.41) is 28.8. The van der Waals surface area contributed by atoms with Crippen molar-refractivity contribution < 1.29 is 43.3 Å². The number of rotatable bonds is 9. The van der Waals surface area contributed by atoms with Crippen molar-refractivity contribution in [2.75, 3.05) is 17.8 Å². The lowest BCUT2D eigenvalue weighted by Gasteiger charge is -2.18. The zero-order chi connectivity index (χ0) is 27.1. The molecule has 1 aromatic carbocycles. The van der Waals surface area contributed by atoms with Gasteiger partial charge in [-0.3, -0.25) is 9.13 Å². The van der Waals surface area contributed by atoms with Gasteiger partial charge in [0.1, 0.15) is 24.4 Å². The molecule has 3 aromatic rings. The van der Waals surface area contributed by atoms with E-state index in [1.807, 2.05) is 19.1 Å². The number of fused-ring (bicyclic) bond motifs is 1. The van der Waals surface area contributed by atoms with E-state index in [9.17, 15) is 24.2 Å². The fraction of sp³-hybridized carbons (Fsp3) is 0.421. The van der Waals surface area contributed by atoms with Crippen LogP contribution in [-0.2, 0) is 18.4 Å². The molecule has 5 unspecified atom stereocenters. The lowest BCUT2D eigenvalue weighted by atomic mass is 10.1. The van der Waals surface area contributed by atoms with Gasteiger partial charge in [-0.15, -0.1) is 5.10 Å². The Bertz CT molecular complexity index is 1370. The summed E-state index contributed by atoms with van der Waals surface area (Å²) in [7, 11) is -9.53. The van der Waals surface area contributed by atoms with E-state index in [0.717, 1.165) is 5.56 Å². The van der Waals surface area contributed by atoms with Crippen LogP contribution in [0.4, 0.5) is 5.82 Å². The predicted octanol–water partition coefficient (Wildman–Crippen LogP) is 2.10. The van der Waals surface area contributed by atoms with Crippen molar-refractivity contribution in [1.29, 1.82) is 0 Å². The van der Waals surface area contributed by atoms with Gasteiger partial charge in [0, 0.05) is 5.02 Å². The fourth-order valence-electron chi connectivity index (χ4n) is 3.80. The number of hydrogen-bond donors (Lipinski definition) is 6. The minimum absolute atomic E-state index is 0.149. The summed E-state index contributed by atoms with van der Waals surface area (Å²) in [6.07, 6.45) is -4.25. The second-order valence-electron chi connectivity index (χ2n) is 8.38. The van der Waals surface area contributed by atoms with Crippen LogP contribution in [0, 0.1) is 0 Å². The molecule has 0 bridgehead atoms. The molecular weight excluding hydrogens is 575 g/mol. The number of ether oxygens (including phenoxy) is 1. The first-order valence-corrected chi connectivity index (χ1v) is 15.0. The second kappa shape index (κ2) is 10.8. The second-order valence-corrected chi connectivity index (χ2v) is 13.1. The summed E-state index contributed by atoms with van der Waals surface area (Å²) in [5.41, 5.74) is 1.34. The molecule has 14 nitrogen and oxygen atoms in total. The van der Waals surface area contributed by atoms with Gasteiger partial charge in [0.2, 0.25) is 5.28 Å². The minimum atomic E-state index is -4.84. The van der Waals surface area contributed by atoms with Crippen LogP contribution in [-0.4, -0.2) is 75.3 Å². The quantitative estimate of drug-likeness (QED) is 0.195. The monoisotopic (exact) mass is 597 g/mol. The zero-order valence-corrected chi connectivity index (χ0v) is 22.3. The summed E-state index contributed by atoms with van der Waals surface area (Å²) in [5.74, 6) is -1.12. The molecule has 202 valence electrons. The van der Waals surface area contributed by atoms with Crippen molar-refractivity contribution >= 4 is 49.9 Å². The highest BCUT2D eigenvalue weighted by Gasteiger charge is 2.46. The number of nitrogens with zero attached hydrogens (tertiary/aromatic N) is 4. The zero-order valence-electron chi connectivity index (χ0n) is 19.0. The maximum Gasteiger partial charge on any atom is 0.340 e. The Balaban J connectivity index is 1.55. The molecule has 1 aliphatic rings. The Morgan fingerprint density at radius 2 is 1.84 bits per heavy atom. The topological polar surface area (TPSA) is 209 Å². The van der Waals surface area contributed by atoms with Crippen molar-refractivity contribution in [3.05, 3.63) is 52.0 Å². The molecule has 2 aromatic heterocycles. The smallest absolute Gasteiger partial charge is 0.340 e. The van der Waals surface area contributed by atoms with E-state index in [1.165, 1.54) is 10.7 Å². The number of benzene rings is 1. The summed E-state index contributed by atoms with van der Waals surface area (Å²) in [4.78, 5) is 36.0. The Labute approximate surface area is 219 Å². The first-order chi connectivity index (χ1) is 17.2. The van der Waals surface area contributed by atoms with Gasteiger partial charge < -0.3 is 39.5 Å². The molecule has 0 spiro atoms. The standard InChI is InChI=1S/C19H23Cl2N5O9P2/c1-9(10-2-4-11(20)5-3-10)23-17-18-22-6-12(26(18)25-19(21)24-17)16-15(28)14(27)13(35-16)7-34-37(32,33)8-36(29,30)31/h2-6,9,13-16,27-28H,7-8H2,1H3,(H,32,33)(H,23,24,25)(H2,29,30,31)/t9-,13?,14?,15?,16?/m0/s1. The van der Waals surface area contributed by atoms with Gasteiger partial charge >= 0.3 is 15.2 Å². The third-order valence-corrected chi connectivity index (χ3v) is 9.41. The SMILES string of the molecule is C[C@H](Nc1nc(Cl)nn2c(C3OC(COP(=O)(O)CP(=O)(O)O)C(O)C3O)cnc12)c1ccc(Cl)cc1. The molecular formula is C19H23Cl2N5O9P2. The van der Waals surface area contributed by atoms with E-state index in [1.54, 1.807) is 12.1 Å². The molecule has 0 radical (unpaired) electrons. The minimum Gasteiger partial charge on any atom is -0.387 e. The number of aliphatic hydroxyl groups is 2. The number of nitrogens with one attached hydrogen (secondary N) is 1. The molecule has 6 atom stereocenters. The van der Waals surface area contributed by atoms with Crippen molar-refractivity contribution in [3.63, 3.8) is 0 Å². The average Bonchev–Trinajstić information content (AvgIpc) is 3.32. The lowest BCUT2D eigenvalue weighted by Crippen LogP contribution is -2.33. The van der Waals surface area contributed by atoms with Gasteiger partial charge in [-0.2, -0.15) is 4.98 Å². The van der Waals surface area contributed by atoms with E-state index in [4.69, 9.17) is 42.2 Å². The van der Waals surface area contributed by atoms with E-state index in [-0.39, 0.29) is 28.5 Å². The van der Waals surface area contributed by atoms with Crippen LogP contribution < -0.4 is 5.32 Å². The van der Waals surface area contributed by atoms with E-state index in [2.05, 4.69) is 20.4 Å². The van der Waals surface area contributed by atoms with Crippen molar-refractivity contribution in [2.24, 2.45) is 0 Å². The Hall–Kier alpha value is -1.67. The van der Waals surface area contributed by atoms with Crippen molar-refractivity contribution in [3.8, 4) is 0 Å². The average molecular weight is 598 g/mol. The van der Waals surface area contributed by atoms with Gasteiger partial charge in [-0.1, -0.05) is 23.7 Å². The number of aromatic nitrogens is 4.